The van der Waals surface area contributed by atoms with Crippen molar-refractivity contribution in [1.29, 1.82) is 0 Å². The van der Waals surface area contributed by atoms with E-state index in [0.717, 1.165) is 12.1 Å². The third kappa shape index (κ3) is 2.70. The molecule has 0 fully saturated rings. The Balaban J connectivity index is 1.88. The Morgan fingerprint density at radius 2 is 2.25 bits per heavy atom. The fourth-order valence-electron chi connectivity index (χ4n) is 1.36. The molecule has 0 aliphatic carbocycles. The van der Waals surface area contributed by atoms with Crippen LogP contribution in [0.1, 0.15) is 11.3 Å². The minimum atomic E-state index is 0.00721. The van der Waals surface area contributed by atoms with Crippen LogP contribution in [0.4, 0.5) is 0 Å². The summed E-state index contributed by atoms with van der Waals surface area (Å²) in [7, 11) is 0. The van der Waals surface area contributed by atoms with Gasteiger partial charge >= 0.3 is 0 Å². The van der Waals surface area contributed by atoms with Gasteiger partial charge in [-0.3, -0.25) is 4.99 Å². The summed E-state index contributed by atoms with van der Waals surface area (Å²) in [6, 6.07) is 6.86. The van der Waals surface area contributed by atoms with Gasteiger partial charge in [-0.15, -0.1) is 5.75 Å². The van der Waals surface area contributed by atoms with Gasteiger partial charge in [0.15, 0.2) is 0 Å². The van der Waals surface area contributed by atoms with Gasteiger partial charge in [0, 0.05) is 31.1 Å². The lowest BCUT2D eigenvalue weighted by molar-refractivity contribution is -0.268. The van der Waals surface area contributed by atoms with Crippen molar-refractivity contribution < 1.29 is 5.11 Å². The van der Waals surface area contributed by atoms with Crippen LogP contribution in [-0.4, -0.2) is 22.7 Å². The molecular formula is C12H12N3O-. The normalized spacial score (nSPS) is 11.0. The highest BCUT2D eigenvalue weighted by Gasteiger charge is 1.91. The molecule has 2 aromatic rings. The average Bonchev–Trinajstić information content (AvgIpc) is 2.79. The maximum atomic E-state index is 11.3. The Hall–Kier alpha value is -2.10. The van der Waals surface area contributed by atoms with Crippen molar-refractivity contribution in [2.24, 2.45) is 4.99 Å². The van der Waals surface area contributed by atoms with Gasteiger partial charge in [-0.05, 0) is 5.56 Å². The SMILES string of the molecule is [O-]c1ccccc1C=NCCc1cnc[nH]1. The van der Waals surface area contributed by atoms with Crippen LogP contribution in [0.3, 0.4) is 0 Å². The van der Waals surface area contributed by atoms with Gasteiger partial charge in [0.05, 0.1) is 6.33 Å². The summed E-state index contributed by atoms with van der Waals surface area (Å²) in [5.74, 6) is 0.00721. The molecule has 1 aromatic carbocycles. The second kappa shape index (κ2) is 5.11. The monoisotopic (exact) mass is 214 g/mol. The molecule has 0 aliphatic heterocycles. The van der Waals surface area contributed by atoms with Crippen LogP contribution in [0.2, 0.25) is 0 Å². The first-order chi connectivity index (χ1) is 7.86. The molecule has 2 rings (SSSR count). The molecule has 0 saturated carbocycles. The number of nitrogens with one attached hydrogen (secondary N) is 1. The van der Waals surface area contributed by atoms with E-state index in [9.17, 15) is 5.11 Å². The van der Waals surface area contributed by atoms with Gasteiger partial charge in [0.2, 0.25) is 0 Å². The predicted molar refractivity (Wildman–Crippen MR) is 60.6 cm³/mol. The van der Waals surface area contributed by atoms with Crippen molar-refractivity contribution >= 4 is 6.21 Å². The van der Waals surface area contributed by atoms with E-state index in [2.05, 4.69) is 15.0 Å². The number of imidazole rings is 1. The molecule has 0 unspecified atom stereocenters. The van der Waals surface area contributed by atoms with E-state index in [0.29, 0.717) is 12.1 Å². The Bertz CT molecular complexity index is 463. The third-order valence-corrected chi connectivity index (χ3v) is 2.21. The van der Waals surface area contributed by atoms with E-state index in [1.54, 1.807) is 30.9 Å². The van der Waals surface area contributed by atoms with Crippen molar-refractivity contribution in [3.05, 3.63) is 48.0 Å². The van der Waals surface area contributed by atoms with E-state index < -0.39 is 0 Å². The Kier molecular flexibility index (Phi) is 3.33. The molecule has 1 aromatic heterocycles. The van der Waals surface area contributed by atoms with Crippen molar-refractivity contribution in [3.8, 4) is 5.75 Å². The van der Waals surface area contributed by atoms with Gasteiger partial charge in [-0.1, -0.05) is 24.3 Å². The van der Waals surface area contributed by atoms with Crippen LogP contribution < -0.4 is 5.11 Å². The number of hydrogen-bond donors (Lipinski definition) is 1. The maximum Gasteiger partial charge on any atom is 0.0921 e. The van der Waals surface area contributed by atoms with Crippen LogP contribution in [0, 0.1) is 0 Å². The molecule has 0 saturated heterocycles. The summed E-state index contributed by atoms with van der Waals surface area (Å²) in [6.45, 7) is 0.649. The standard InChI is InChI=1S/C12H13N3O/c16-12-4-2-1-3-10(12)7-13-6-5-11-8-14-9-15-11/h1-4,7-9,16H,5-6H2,(H,14,15)/p-1. The lowest BCUT2D eigenvalue weighted by Crippen LogP contribution is -1.96. The van der Waals surface area contributed by atoms with Crippen LogP contribution >= 0.6 is 0 Å². The molecule has 4 nitrogen and oxygen atoms in total. The zero-order chi connectivity index (χ0) is 11.2. The molecule has 0 atom stereocenters. The molecule has 0 amide bonds. The third-order valence-electron chi connectivity index (χ3n) is 2.21. The first kappa shape index (κ1) is 10.4. The molecule has 1 N–H and O–H groups in total. The lowest BCUT2D eigenvalue weighted by atomic mass is 10.2. The van der Waals surface area contributed by atoms with Crippen molar-refractivity contribution in [2.75, 3.05) is 6.54 Å². The van der Waals surface area contributed by atoms with Gasteiger partial charge in [0.1, 0.15) is 0 Å². The number of nitrogens with zero attached hydrogens (tertiary/aromatic N) is 2. The maximum absolute atomic E-state index is 11.3. The van der Waals surface area contributed by atoms with E-state index in [-0.39, 0.29) is 5.75 Å². The fourth-order valence-corrected chi connectivity index (χ4v) is 1.36. The van der Waals surface area contributed by atoms with E-state index >= 15 is 0 Å². The summed E-state index contributed by atoms with van der Waals surface area (Å²) >= 11 is 0. The fraction of sp³-hybridized carbons (Fsp3) is 0.167. The number of para-hydroxylation sites is 1. The number of aliphatic imine (C=N–C) groups is 1. The average molecular weight is 214 g/mol. The summed E-state index contributed by atoms with van der Waals surface area (Å²) in [4.78, 5) is 11.1. The first-order valence-corrected chi connectivity index (χ1v) is 5.09. The summed E-state index contributed by atoms with van der Waals surface area (Å²) in [6.07, 6.45) is 5.85. The Labute approximate surface area is 93.7 Å². The zero-order valence-electron chi connectivity index (χ0n) is 8.76. The first-order valence-electron chi connectivity index (χ1n) is 5.09. The second-order valence-corrected chi connectivity index (χ2v) is 3.40. The van der Waals surface area contributed by atoms with Crippen LogP contribution in [0.15, 0.2) is 41.8 Å². The summed E-state index contributed by atoms with van der Waals surface area (Å²) in [5, 5.41) is 11.3. The van der Waals surface area contributed by atoms with Crippen LogP contribution in [-0.2, 0) is 6.42 Å². The number of aromatic amines is 1. The van der Waals surface area contributed by atoms with E-state index in [1.165, 1.54) is 6.07 Å². The summed E-state index contributed by atoms with van der Waals surface area (Å²) in [5.41, 5.74) is 1.68. The number of hydrogen-bond acceptors (Lipinski definition) is 3. The quantitative estimate of drug-likeness (QED) is 0.776. The number of aromatic nitrogens is 2. The minimum absolute atomic E-state index is 0.00721. The van der Waals surface area contributed by atoms with Crippen LogP contribution in [0.25, 0.3) is 0 Å². The number of rotatable bonds is 4. The Morgan fingerprint density at radius 3 is 3.00 bits per heavy atom. The van der Waals surface area contributed by atoms with Gasteiger partial charge in [-0.2, -0.15) is 0 Å². The summed E-state index contributed by atoms with van der Waals surface area (Å²) < 4.78 is 0. The molecule has 4 heteroatoms. The van der Waals surface area contributed by atoms with E-state index in [4.69, 9.17) is 0 Å². The smallest absolute Gasteiger partial charge is 0.0921 e. The van der Waals surface area contributed by atoms with Gasteiger partial charge < -0.3 is 10.1 Å². The highest BCUT2D eigenvalue weighted by molar-refractivity contribution is 5.82. The Morgan fingerprint density at radius 1 is 1.38 bits per heavy atom. The predicted octanol–water partition coefficient (Wildman–Crippen LogP) is 1.14. The molecule has 1 heterocycles. The number of H-pyrrole nitrogens is 1. The lowest BCUT2D eigenvalue weighted by Gasteiger charge is -2.07. The molecule has 0 radical (unpaired) electrons. The van der Waals surface area contributed by atoms with Crippen molar-refractivity contribution in [2.45, 2.75) is 6.42 Å². The van der Waals surface area contributed by atoms with Gasteiger partial charge in [0.25, 0.3) is 0 Å². The van der Waals surface area contributed by atoms with Crippen molar-refractivity contribution in [3.63, 3.8) is 0 Å². The minimum Gasteiger partial charge on any atom is -0.872 e. The zero-order valence-corrected chi connectivity index (χ0v) is 8.76. The van der Waals surface area contributed by atoms with Gasteiger partial charge in [-0.25, -0.2) is 4.98 Å². The van der Waals surface area contributed by atoms with Crippen LogP contribution in [0.5, 0.6) is 5.75 Å². The largest absolute Gasteiger partial charge is 0.872 e. The molecule has 0 bridgehead atoms. The highest BCUT2D eigenvalue weighted by Crippen LogP contribution is 2.09. The topological polar surface area (TPSA) is 64.1 Å². The van der Waals surface area contributed by atoms with E-state index in [1.807, 2.05) is 6.07 Å². The molecule has 82 valence electrons. The highest BCUT2D eigenvalue weighted by atomic mass is 16.3. The second-order valence-electron chi connectivity index (χ2n) is 3.40. The molecule has 0 spiro atoms. The molecule has 16 heavy (non-hydrogen) atoms. The molecule has 0 aliphatic rings. The van der Waals surface area contributed by atoms with Crippen molar-refractivity contribution in [1.82, 2.24) is 9.97 Å². The molecular weight excluding hydrogens is 202 g/mol. The number of benzene rings is 1.